The molecule has 2 aliphatic rings. The van der Waals surface area contributed by atoms with E-state index in [1.54, 1.807) is 0 Å². The molecule has 0 bridgehead atoms. The zero-order valence-corrected chi connectivity index (χ0v) is 31.2. The maximum atomic E-state index is 12.7. The molecular weight excluding hydrogens is 820 g/mol. The second-order valence-electron chi connectivity index (χ2n) is 11.2. The second kappa shape index (κ2) is 15.1. The highest BCUT2D eigenvalue weighted by molar-refractivity contribution is 7.91. The van der Waals surface area contributed by atoms with Crippen LogP contribution in [0, 0.1) is 5.92 Å². The second-order valence-corrected chi connectivity index (χ2v) is 17.5. The Labute approximate surface area is 312 Å². The molecule has 5 rings (SSSR count). The summed E-state index contributed by atoms with van der Waals surface area (Å²) >= 11 is 6.13. The Morgan fingerprint density at radius 2 is 1.67 bits per heavy atom. The van der Waals surface area contributed by atoms with Crippen molar-refractivity contribution in [3.8, 4) is 0 Å². The Bertz CT molecular complexity index is 2630. The molecule has 0 radical (unpaired) electrons. The van der Waals surface area contributed by atoms with Crippen LogP contribution in [-0.4, -0.2) is 92.8 Å². The van der Waals surface area contributed by atoms with Crippen LogP contribution in [-0.2, 0) is 44.7 Å². The van der Waals surface area contributed by atoms with Gasteiger partial charge in [0, 0.05) is 24.1 Å². The smallest absolute Gasteiger partial charge is 0.397 e. The summed E-state index contributed by atoms with van der Waals surface area (Å²) in [4.78, 5) is 12.0. The minimum atomic E-state index is -4.97. The van der Waals surface area contributed by atoms with Crippen molar-refractivity contribution in [2.75, 3.05) is 29.6 Å². The monoisotopic (exact) mass is 846 g/mol. The van der Waals surface area contributed by atoms with Crippen LogP contribution < -0.4 is 16.0 Å². The molecule has 3 aromatic rings. The minimum absolute atomic E-state index is 0.00400. The average Bonchev–Trinajstić information content (AvgIpc) is 3.06. The quantitative estimate of drug-likeness (QED) is 0.106. The van der Waals surface area contributed by atoms with Crippen molar-refractivity contribution in [2.45, 2.75) is 15.8 Å². The van der Waals surface area contributed by atoms with E-state index in [1.165, 1.54) is 54.4 Å². The van der Waals surface area contributed by atoms with Gasteiger partial charge in [-0.3, -0.25) is 13.7 Å². The number of rotatable bonds is 13. The van der Waals surface area contributed by atoms with Crippen LogP contribution >= 0.6 is 11.6 Å². The van der Waals surface area contributed by atoms with E-state index in [2.05, 4.69) is 34.7 Å². The third-order valence-electron chi connectivity index (χ3n) is 7.53. The predicted molar refractivity (Wildman–Crippen MR) is 191 cm³/mol. The number of aromatic nitrogens is 3. The fourth-order valence-electron chi connectivity index (χ4n) is 5.01. The molecule has 0 spiro atoms. The first-order chi connectivity index (χ1) is 25.0. The van der Waals surface area contributed by atoms with E-state index >= 15 is 0 Å². The van der Waals surface area contributed by atoms with Gasteiger partial charge in [-0.2, -0.15) is 50.4 Å². The van der Waals surface area contributed by atoms with Gasteiger partial charge in [-0.25, -0.2) is 12.6 Å². The Kier molecular flexibility index (Phi) is 11.3. The molecule has 2 aliphatic carbocycles. The number of nitrogens with two attached hydrogens (primary N) is 1. The molecule has 0 aliphatic heterocycles. The molecule has 2 atom stereocenters. The van der Waals surface area contributed by atoms with E-state index in [0.29, 0.717) is 0 Å². The van der Waals surface area contributed by atoms with E-state index in [9.17, 15) is 47.9 Å². The molecule has 2 aromatic carbocycles. The lowest BCUT2D eigenvalue weighted by Gasteiger charge is -2.29. The Morgan fingerprint density at radius 1 is 0.944 bits per heavy atom. The molecule has 26 heteroatoms. The van der Waals surface area contributed by atoms with Crippen LogP contribution in [0.4, 0.5) is 29.0 Å². The maximum Gasteiger partial charge on any atom is 0.397 e. The first-order valence-electron chi connectivity index (χ1n) is 14.7. The van der Waals surface area contributed by atoms with Gasteiger partial charge in [0.25, 0.3) is 20.2 Å². The molecule has 21 nitrogen and oxygen atoms in total. The van der Waals surface area contributed by atoms with Gasteiger partial charge < -0.3 is 21.1 Å². The van der Waals surface area contributed by atoms with Crippen molar-refractivity contribution < 1.29 is 56.6 Å². The van der Waals surface area contributed by atoms with Gasteiger partial charge in [0.2, 0.25) is 17.2 Å². The van der Waals surface area contributed by atoms with Crippen molar-refractivity contribution in [1.29, 1.82) is 0 Å². The number of benzene rings is 2. The van der Waals surface area contributed by atoms with E-state index in [1.807, 2.05) is 0 Å². The van der Waals surface area contributed by atoms with Crippen molar-refractivity contribution in [3.63, 3.8) is 0 Å². The maximum absolute atomic E-state index is 12.7. The average molecular weight is 847 g/mol. The minimum Gasteiger partial charge on any atom is -0.512 e. The number of nitrogens with zero attached hydrogens (tertiary/aromatic N) is 6. The van der Waals surface area contributed by atoms with Crippen LogP contribution in [0.1, 0.15) is 0 Å². The van der Waals surface area contributed by atoms with Gasteiger partial charge in [-0.1, -0.05) is 12.1 Å². The van der Waals surface area contributed by atoms with E-state index in [4.69, 9.17) is 21.9 Å². The fourth-order valence-corrected chi connectivity index (χ4v) is 7.90. The van der Waals surface area contributed by atoms with Gasteiger partial charge >= 0.3 is 10.4 Å². The van der Waals surface area contributed by atoms with Crippen LogP contribution in [0.5, 0.6) is 0 Å². The van der Waals surface area contributed by atoms with Crippen LogP contribution in [0.15, 0.2) is 109 Å². The summed E-state index contributed by atoms with van der Waals surface area (Å²) in [6.07, 6.45) is 4.68. The number of sulfone groups is 1. The number of fused-ring (bicyclic) bond motifs is 1. The van der Waals surface area contributed by atoms with Gasteiger partial charge in [-0.15, -0.1) is 0 Å². The number of aliphatic hydroxyl groups is 1. The number of aliphatic hydroxyl groups excluding tert-OH is 1. The Morgan fingerprint density at radius 3 is 2.33 bits per heavy atom. The number of nitrogens with one attached hydrogen (secondary N) is 1. The van der Waals surface area contributed by atoms with Gasteiger partial charge in [0.15, 0.2) is 9.84 Å². The molecule has 0 fully saturated rings. The highest BCUT2D eigenvalue weighted by atomic mass is 35.5. The standard InChI is InChI=1S/C28H27ClN8O13S4/c1-37(17-3-2-4-18(13-17)51(39,40)10-9-50-54(47,48)49)28-33-26(29)32-27(34-28)31-16-6-8-21(23(12-16)53(44,45)46)35-36-25-20(30)7-5-15-11-19(52(41,42)43)14-22(38)24(15)25/h2-8,11-14,24-25,38H,9-10,30H2,1H3,(H,41,42,43)(H,44,45,46)(H,47,48,49)(H,31,32,33,34)/b36-35-. The highest BCUT2D eigenvalue weighted by Crippen LogP contribution is 2.38. The van der Waals surface area contributed by atoms with E-state index in [-0.39, 0.29) is 50.4 Å². The molecule has 54 heavy (non-hydrogen) atoms. The lowest BCUT2D eigenvalue weighted by molar-refractivity contribution is 0.284. The number of hydrogen-bond acceptors (Lipinski definition) is 18. The molecule has 1 heterocycles. The molecule has 288 valence electrons. The topological polar surface area (TPSA) is 331 Å². The van der Waals surface area contributed by atoms with E-state index in [0.717, 1.165) is 24.3 Å². The Hall–Kier alpha value is -4.86. The summed E-state index contributed by atoms with van der Waals surface area (Å²) in [6, 6.07) is 7.64. The zero-order valence-electron chi connectivity index (χ0n) is 27.2. The summed E-state index contributed by atoms with van der Waals surface area (Å²) < 4.78 is 127. The summed E-state index contributed by atoms with van der Waals surface area (Å²) in [5, 5.41) is 21.0. The van der Waals surface area contributed by atoms with Crippen LogP contribution in [0.25, 0.3) is 0 Å². The number of azo groups is 1. The van der Waals surface area contributed by atoms with Crippen molar-refractivity contribution in [3.05, 3.63) is 94.0 Å². The van der Waals surface area contributed by atoms with Gasteiger partial charge in [0.05, 0.1) is 28.1 Å². The summed E-state index contributed by atoms with van der Waals surface area (Å²) in [5.41, 5.74) is 6.20. The van der Waals surface area contributed by atoms with Crippen LogP contribution in [0.2, 0.25) is 5.28 Å². The number of allylic oxidation sites excluding steroid dienone is 4. The number of hydrogen-bond donors (Lipinski definition) is 6. The number of anilines is 4. The first kappa shape index (κ1) is 40.3. The molecular formula is C28H27ClN8O13S4. The van der Waals surface area contributed by atoms with Crippen LogP contribution in [0.3, 0.4) is 0 Å². The molecule has 2 unspecified atom stereocenters. The van der Waals surface area contributed by atoms with Crippen molar-refractivity contribution in [1.82, 2.24) is 15.0 Å². The molecule has 0 saturated carbocycles. The highest BCUT2D eigenvalue weighted by Gasteiger charge is 2.36. The van der Waals surface area contributed by atoms with E-state index < -0.39 is 80.4 Å². The normalized spacial score (nSPS) is 17.9. The zero-order chi connectivity index (χ0) is 39.8. The SMILES string of the molecule is CN(c1cccc(S(=O)(=O)CCOS(=O)(=O)O)c1)c1nc(Cl)nc(Nc2ccc(/N=N\C3C(N)=CC=C4C=C(S(=O)(=O)O)C=C(O)C43)c(S(=O)(=O)O)c2)n1. The molecule has 0 amide bonds. The number of halogens is 1. The summed E-state index contributed by atoms with van der Waals surface area (Å²) in [6.45, 7) is -0.837. The fraction of sp³-hybridized carbons (Fsp3) is 0.179. The third-order valence-corrected chi connectivity index (χ3v) is 11.6. The largest absolute Gasteiger partial charge is 0.512 e. The summed E-state index contributed by atoms with van der Waals surface area (Å²) in [5.74, 6) is -2.68. The first-order valence-corrected chi connectivity index (χ1v) is 21.0. The molecule has 1 aromatic heterocycles. The lowest BCUT2D eigenvalue weighted by atomic mass is 9.82. The molecule has 7 N–H and O–H groups in total. The van der Waals surface area contributed by atoms with Gasteiger partial charge in [0.1, 0.15) is 22.4 Å². The predicted octanol–water partition coefficient (Wildman–Crippen LogP) is 2.95. The Balaban J connectivity index is 1.39. The third kappa shape index (κ3) is 9.62. The van der Waals surface area contributed by atoms with Crippen molar-refractivity contribution >= 4 is 81.0 Å². The lowest BCUT2D eigenvalue weighted by Crippen LogP contribution is -2.32. The van der Waals surface area contributed by atoms with Crippen molar-refractivity contribution in [2.24, 2.45) is 21.9 Å². The molecule has 0 saturated heterocycles. The van der Waals surface area contributed by atoms with Gasteiger partial charge in [-0.05, 0) is 71.8 Å². The summed E-state index contributed by atoms with van der Waals surface area (Å²) in [7, 11) is -17.1.